The highest BCUT2D eigenvalue weighted by atomic mass is 16.7. The molecule has 1 aliphatic carbocycles. The van der Waals surface area contributed by atoms with Crippen molar-refractivity contribution in [3.05, 3.63) is 53.3 Å². The second-order valence-corrected chi connectivity index (χ2v) is 11.9. The van der Waals surface area contributed by atoms with E-state index in [1.807, 2.05) is 0 Å². The molecular formula is C32H44N2O12. The zero-order valence-electron chi connectivity index (χ0n) is 26.5. The van der Waals surface area contributed by atoms with E-state index in [1.54, 1.807) is 51.1 Å². The van der Waals surface area contributed by atoms with Crippen molar-refractivity contribution >= 4 is 29.8 Å². The Bertz CT molecular complexity index is 1270. The molecule has 14 nitrogen and oxygen atoms in total. The quantitative estimate of drug-likeness (QED) is 0.102. The molecule has 1 aromatic rings. The second kappa shape index (κ2) is 17.2. The van der Waals surface area contributed by atoms with Gasteiger partial charge in [-0.2, -0.15) is 0 Å². The molecule has 0 aromatic heterocycles. The molecule has 6 atom stereocenters. The molecule has 1 heterocycles. The summed E-state index contributed by atoms with van der Waals surface area (Å²) in [6.45, 7) is 5.86. The number of ether oxygens (including phenoxy) is 5. The Morgan fingerprint density at radius 2 is 1.85 bits per heavy atom. The maximum atomic E-state index is 13.4. The SMILES string of the molecule is CC(O)C(NC(=O)C1=CC2OCOC2C(OC(=O)c2ccccc2C=COCCO)C1)C(=O)NC(CO)CCC(=O)OC(C)(C)C. The summed E-state index contributed by atoms with van der Waals surface area (Å²) in [5.74, 6) is -2.64. The van der Waals surface area contributed by atoms with Crippen molar-refractivity contribution in [2.24, 2.45) is 0 Å². The fourth-order valence-electron chi connectivity index (χ4n) is 4.82. The van der Waals surface area contributed by atoms with Gasteiger partial charge in [0.15, 0.2) is 0 Å². The van der Waals surface area contributed by atoms with Gasteiger partial charge in [-0.1, -0.05) is 18.2 Å². The number of hydrogen-bond donors (Lipinski definition) is 5. The number of carbonyl (C=O) groups excluding carboxylic acids is 4. The molecule has 1 aliphatic heterocycles. The minimum atomic E-state index is -1.41. The summed E-state index contributed by atoms with van der Waals surface area (Å²) in [7, 11) is 0. The topological polar surface area (TPSA) is 199 Å². The molecule has 254 valence electrons. The summed E-state index contributed by atoms with van der Waals surface area (Å²) in [5.41, 5.74) is 0.207. The van der Waals surface area contributed by atoms with E-state index in [4.69, 9.17) is 28.8 Å². The summed E-state index contributed by atoms with van der Waals surface area (Å²) >= 11 is 0. The number of benzene rings is 1. The van der Waals surface area contributed by atoms with Crippen molar-refractivity contribution in [1.82, 2.24) is 10.6 Å². The van der Waals surface area contributed by atoms with Crippen LogP contribution in [0.4, 0.5) is 0 Å². The number of aliphatic hydroxyl groups excluding tert-OH is 3. The number of esters is 2. The van der Waals surface area contributed by atoms with Gasteiger partial charge in [0.25, 0.3) is 0 Å². The molecule has 46 heavy (non-hydrogen) atoms. The van der Waals surface area contributed by atoms with E-state index in [9.17, 15) is 29.4 Å². The highest BCUT2D eigenvalue weighted by Crippen LogP contribution is 2.31. The summed E-state index contributed by atoms with van der Waals surface area (Å²) < 4.78 is 27.4. The number of nitrogens with one attached hydrogen (secondary N) is 2. The first-order chi connectivity index (χ1) is 21.8. The van der Waals surface area contributed by atoms with Crippen molar-refractivity contribution in [2.75, 3.05) is 26.6 Å². The third-order valence-electron chi connectivity index (χ3n) is 7.02. The monoisotopic (exact) mass is 648 g/mol. The van der Waals surface area contributed by atoms with Gasteiger partial charge in [-0.15, -0.1) is 0 Å². The zero-order chi connectivity index (χ0) is 33.9. The largest absolute Gasteiger partial charge is 0.499 e. The van der Waals surface area contributed by atoms with E-state index in [0.29, 0.717) is 5.56 Å². The first-order valence-corrected chi connectivity index (χ1v) is 15.1. The van der Waals surface area contributed by atoms with Gasteiger partial charge in [-0.05, 0) is 57.9 Å². The average molecular weight is 649 g/mol. The molecule has 5 N–H and O–H groups in total. The Morgan fingerprint density at radius 3 is 2.52 bits per heavy atom. The molecule has 0 spiro atoms. The summed E-state index contributed by atoms with van der Waals surface area (Å²) in [6, 6.07) is 4.42. The minimum absolute atomic E-state index is 0.0651. The minimum Gasteiger partial charge on any atom is -0.499 e. The normalized spacial score (nSPS) is 21.4. The van der Waals surface area contributed by atoms with Crippen molar-refractivity contribution in [3.8, 4) is 0 Å². The smallest absolute Gasteiger partial charge is 0.339 e. The molecule has 0 bridgehead atoms. The number of carbonyl (C=O) groups is 4. The van der Waals surface area contributed by atoms with E-state index >= 15 is 0 Å². The third-order valence-corrected chi connectivity index (χ3v) is 7.02. The highest BCUT2D eigenvalue weighted by molar-refractivity contribution is 5.98. The summed E-state index contributed by atoms with van der Waals surface area (Å²) in [6.07, 6.45) is 0.761. The van der Waals surface area contributed by atoms with Crippen molar-refractivity contribution in [2.45, 2.75) is 89.1 Å². The van der Waals surface area contributed by atoms with Gasteiger partial charge in [0.1, 0.15) is 43.4 Å². The molecular weight excluding hydrogens is 604 g/mol. The number of rotatable bonds is 15. The number of fused-ring (bicyclic) bond motifs is 1. The predicted molar refractivity (Wildman–Crippen MR) is 163 cm³/mol. The molecule has 0 radical (unpaired) electrons. The molecule has 1 fully saturated rings. The van der Waals surface area contributed by atoms with Crippen molar-refractivity contribution < 1.29 is 58.2 Å². The van der Waals surface area contributed by atoms with Gasteiger partial charge in [0.2, 0.25) is 11.8 Å². The number of amides is 2. The van der Waals surface area contributed by atoms with Gasteiger partial charge in [-0.3, -0.25) is 14.4 Å². The van der Waals surface area contributed by atoms with Crippen LogP contribution in [0.5, 0.6) is 0 Å². The van der Waals surface area contributed by atoms with Crippen LogP contribution in [-0.4, -0.2) is 108 Å². The molecule has 0 saturated carbocycles. The van der Waals surface area contributed by atoms with Crippen LogP contribution < -0.4 is 10.6 Å². The molecule has 1 aromatic carbocycles. The Morgan fingerprint density at radius 1 is 1.11 bits per heavy atom. The van der Waals surface area contributed by atoms with Crippen molar-refractivity contribution in [1.29, 1.82) is 0 Å². The van der Waals surface area contributed by atoms with Crippen LogP contribution in [0.2, 0.25) is 0 Å². The van der Waals surface area contributed by atoms with E-state index in [1.165, 1.54) is 19.3 Å². The fraction of sp³-hybridized carbons (Fsp3) is 0.562. The lowest BCUT2D eigenvalue weighted by atomic mass is 9.91. The first-order valence-electron chi connectivity index (χ1n) is 15.1. The van der Waals surface area contributed by atoms with Gasteiger partial charge in [0, 0.05) is 18.4 Å². The third kappa shape index (κ3) is 10.9. The van der Waals surface area contributed by atoms with Crippen LogP contribution in [-0.2, 0) is 38.1 Å². The van der Waals surface area contributed by atoms with Gasteiger partial charge >= 0.3 is 11.9 Å². The number of aliphatic hydroxyl groups is 3. The zero-order valence-corrected chi connectivity index (χ0v) is 26.5. The standard InChI is InChI=1S/C32H44N2O12/c1-19(37)27(30(40)33-22(17-36)9-10-26(38)46-32(2,3)4)34-29(39)21-15-24-28(44-18-43-24)25(16-21)45-31(41)23-8-6-5-7-20(23)11-13-42-14-12-35/h5-8,11,13,15,19,22,24-25,27-28,35-37H,9-10,12,14,16-18H2,1-4H3,(H,33,40)(H,34,39). The molecule has 3 rings (SSSR count). The van der Waals surface area contributed by atoms with Crippen LogP contribution in [0.1, 0.15) is 62.9 Å². The van der Waals surface area contributed by atoms with Crippen LogP contribution in [0, 0.1) is 0 Å². The van der Waals surface area contributed by atoms with Crippen LogP contribution in [0.25, 0.3) is 6.08 Å². The molecule has 1 saturated heterocycles. The fourth-order valence-corrected chi connectivity index (χ4v) is 4.82. The van der Waals surface area contributed by atoms with E-state index in [-0.39, 0.29) is 50.4 Å². The van der Waals surface area contributed by atoms with Gasteiger partial charge < -0.3 is 49.6 Å². The molecule has 2 aliphatic rings. The average Bonchev–Trinajstić information content (AvgIpc) is 3.48. The number of hydrogen-bond acceptors (Lipinski definition) is 12. The lowest BCUT2D eigenvalue weighted by Gasteiger charge is -2.31. The Balaban J connectivity index is 1.67. The Hall–Kier alpha value is -3.82. The van der Waals surface area contributed by atoms with Crippen LogP contribution in [0.3, 0.4) is 0 Å². The Kier molecular flexibility index (Phi) is 13.7. The molecule has 2 amide bonds. The second-order valence-electron chi connectivity index (χ2n) is 11.9. The first kappa shape index (κ1) is 36.6. The van der Waals surface area contributed by atoms with E-state index < -0.39 is 72.5 Å². The summed E-state index contributed by atoms with van der Waals surface area (Å²) in [4.78, 5) is 51.8. The van der Waals surface area contributed by atoms with E-state index in [0.717, 1.165) is 0 Å². The Labute approximate surface area is 267 Å². The molecule has 14 heteroatoms. The van der Waals surface area contributed by atoms with E-state index in [2.05, 4.69) is 10.6 Å². The predicted octanol–water partition coefficient (Wildman–Crippen LogP) is 0.728. The van der Waals surface area contributed by atoms with Crippen molar-refractivity contribution in [3.63, 3.8) is 0 Å². The van der Waals surface area contributed by atoms with Crippen LogP contribution >= 0.6 is 0 Å². The van der Waals surface area contributed by atoms with Crippen LogP contribution in [0.15, 0.2) is 42.2 Å². The highest BCUT2D eigenvalue weighted by Gasteiger charge is 2.43. The molecule has 6 unspecified atom stereocenters. The maximum Gasteiger partial charge on any atom is 0.339 e. The summed E-state index contributed by atoms with van der Waals surface area (Å²) in [5, 5.41) is 34.1. The van der Waals surface area contributed by atoms with Gasteiger partial charge in [0.05, 0.1) is 37.2 Å². The lowest BCUT2D eigenvalue weighted by molar-refractivity contribution is -0.155. The lowest BCUT2D eigenvalue weighted by Crippen LogP contribution is -2.55. The maximum absolute atomic E-state index is 13.4. The van der Waals surface area contributed by atoms with Gasteiger partial charge in [-0.25, -0.2) is 4.79 Å².